The normalized spacial score (nSPS) is 23.8. The number of hydrogen-bond acceptors (Lipinski definition) is 2. The fourth-order valence-electron chi connectivity index (χ4n) is 2.42. The Bertz CT molecular complexity index is 324. The minimum atomic E-state index is -2.44. The smallest absolute Gasteiger partial charge is 0.248 e. The lowest BCUT2D eigenvalue weighted by atomic mass is 9.86. The van der Waals surface area contributed by atoms with E-state index in [1.54, 1.807) is 6.26 Å². The van der Waals surface area contributed by atoms with E-state index < -0.39 is 5.92 Å². The first kappa shape index (κ1) is 12.6. The second kappa shape index (κ2) is 5.63. The standard InChI is InChI=1S/C13H19F2NO/c14-13(15)6-1-3-11(9-13)10-16-7-5-12-4-2-8-17-12/h2,4,8,11,16H,1,3,5-7,9-10H2. The first-order chi connectivity index (χ1) is 8.16. The Labute approximate surface area is 100 Å². The number of halogens is 2. The minimum absolute atomic E-state index is 0.0424. The van der Waals surface area contributed by atoms with Crippen LogP contribution in [-0.2, 0) is 6.42 Å². The second-order valence-corrected chi connectivity index (χ2v) is 4.85. The molecular formula is C13H19F2NO. The third-order valence-corrected chi connectivity index (χ3v) is 3.30. The summed E-state index contributed by atoms with van der Waals surface area (Å²) in [5.41, 5.74) is 0. The van der Waals surface area contributed by atoms with Crippen LogP contribution in [0.25, 0.3) is 0 Å². The number of alkyl halides is 2. The Balaban J connectivity index is 1.62. The summed E-state index contributed by atoms with van der Waals surface area (Å²) >= 11 is 0. The average molecular weight is 243 g/mol. The van der Waals surface area contributed by atoms with Crippen LogP contribution in [-0.4, -0.2) is 19.0 Å². The van der Waals surface area contributed by atoms with Gasteiger partial charge in [-0.25, -0.2) is 8.78 Å². The molecule has 2 rings (SSSR count). The zero-order chi connectivity index (χ0) is 12.1. The lowest BCUT2D eigenvalue weighted by Gasteiger charge is -2.28. The number of nitrogens with one attached hydrogen (secondary N) is 1. The molecule has 0 amide bonds. The molecule has 4 heteroatoms. The van der Waals surface area contributed by atoms with E-state index in [1.165, 1.54) is 0 Å². The van der Waals surface area contributed by atoms with Gasteiger partial charge in [0.2, 0.25) is 5.92 Å². The van der Waals surface area contributed by atoms with Gasteiger partial charge in [-0.15, -0.1) is 0 Å². The van der Waals surface area contributed by atoms with Crippen molar-refractivity contribution in [1.82, 2.24) is 5.32 Å². The molecule has 1 fully saturated rings. The van der Waals surface area contributed by atoms with E-state index in [4.69, 9.17) is 4.42 Å². The van der Waals surface area contributed by atoms with E-state index in [9.17, 15) is 8.78 Å². The van der Waals surface area contributed by atoms with E-state index >= 15 is 0 Å². The van der Waals surface area contributed by atoms with Crippen molar-refractivity contribution in [2.75, 3.05) is 13.1 Å². The number of rotatable bonds is 5. The van der Waals surface area contributed by atoms with Gasteiger partial charge >= 0.3 is 0 Å². The van der Waals surface area contributed by atoms with Crippen molar-refractivity contribution < 1.29 is 13.2 Å². The van der Waals surface area contributed by atoms with Crippen molar-refractivity contribution in [3.8, 4) is 0 Å². The van der Waals surface area contributed by atoms with Crippen LogP contribution in [0.5, 0.6) is 0 Å². The van der Waals surface area contributed by atoms with Gasteiger partial charge < -0.3 is 9.73 Å². The topological polar surface area (TPSA) is 25.2 Å². The van der Waals surface area contributed by atoms with Crippen LogP contribution in [0.1, 0.15) is 31.4 Å². The fraction of sp³-hybridized carbons (Fsp3) is 0.692. The van der Waals surface area contributed by atoms with Crippen molar-refractivity contribution in [3.05, 3.63) is 24.2 Å². The highest BCUT2D eigenvalue weighted by Gasteiger charge is 2.35. The van der Waals surface area contributed by atoms with Gasteiger partial charge in [0.25, 0.3) is 0 Å². The molecule has 96 valence electrons. The van der Waals surface area contributed by atoms with Gasteiger partial charge in [0.15, 0.2) is 0 Å². The highest BCUT2D eigenvalue weighted by molar-refractivity contribution is 4.98. The Morgan fingerprint density at radius 1 is 1.47 bits per heavy atom. The summed E-state index contributed by atoms with van der Waals surface area (Å²) in [4.78, 5) is 0. The van der Waals surface area contributed by atoms with Gasteiger partial charge in [0.05, 0.1) is 6.26 Å². The van der Waals surface area contributed by atoms with Crippen molar-refractivity contribution in [2.24, 2.45) is 5.92 Å². The molecule has 1 atom stereocenters. The van der Waals surface area contributed by atoms with E-state index in [2.05, 4.69) is 5.32 Å². The molecule has 2 nitrogen and oxygen atoms in total. The van der Waals surface area contributed by atoms with E-state index in [-0.39, 0.29) is 18.8 Å². The predicted octanol–water partition coefficient (Wildman–Crippen LogP) is 3.24. The maximum atomic E-state index is 13.1. The molecule has 0 aromatic carbocycles. The van der Waals surface area contributed by atoms with E-state index in [0.29, 0.717) is 13.0 Å². The molecule has 0 bridgehead atoms. The maximum absolute atomic E-state index is 13.1. The molecule has 0 saturated heterocycles. The van der Waals surface area contributed by atoms with Crippen molar-refractivity contribution >= 4 is 0 Å². The zero-order valence-electron chi connectivity index (χ0n) is 9.92. The summed E-state index contributed by atoms with van der Waals surface area (Å²) in [7, 11) is 0. The average Bonchev–Trinajstić information content (AvgIpc) is 2.76. The molecule has 1 aliphatic carbocycles. The van der Waals surface area contributed by atoms with Crippen LogP contribution < -0.4 is 5.32 Å². The summed E-state index contributed by atoms with van der Waals surface area (Å²) in [5.74, 6) is -1.38. The zero-order valence-corrected chi connectivity index (χ0v) is 9.92. The SMILES string of the molecule is FC1(F)CCCC(CNCCc2ccco2)C1. The molecule has 1 aliphatic rings. The highest BCUT2D eigenvalue weighted by Crippen LogP contribution is 2.36. The Morgan fingerprint density at radius 3 is 3.06 bits per heavy atom. The second-order valence-electron chi connectivity index (χ2n) is 4.85. The summed E-state index contributed by atoms with van der Waals surface area (Å²) < 4.78 is 31.5. The third-order valence-electron chi connectivity index (χ3n) is 3.30. The van der Waals surface area contributed by atoms with Gasteiger partial charge in [-0.3, -0.25) is 0 Å². The minimum Gasteiger partial charge on any atom is -0.469 e. The third kappa shape index (κ3) is 4.11. The summed E-state index contributed by atoms with van der Waals surface area (Å²) in [6, 6.07) is 3.79. The molecule has 0 radical (unpaired) electrons. The van der Waals surface area contributed by atoms with Crippen LogP contribution >= 0.6 is 0 Å². The summed E-state index contributed by atoms with van der Waals surface area (Å²) in [6.45, 7) is 1.48. The van der Waals surface area contributed by atoms with Crippen molar-refractivity contribution in [3.63, 3.8) is 0 Å². The Kier molecular flexibility index (Phi) is 4.15. The van der Waals surface area contributed by atoms with E-state index in [0.717, 1.165) is 25.1 Å². The monoisotopic (exact) mass is 243 g/mol. The Morgan fingerprint density at radius 2 is 2.35 bits per heavy atom. The molecule has 1 saturated carbocycles. The first-order valence-corrected chi connectivity index (χ1v) is 6.27. The molecule has 0 aliphatic heterocycles. The molecule has 17 heavy (non-hydrogen) atoms. The van der Waals surface area contributed by atoms with Gasteiger partial charge in [0, 0.05) is 25.8 Å². The van der Waals surface area contributed by atoms with Crippen LogP contribution in [0.15, 0.2) is 22.8 Å². The largest absolute Gasteiger partial charge is 0.469 e. The molecule has 1 N–H and O–H groups in total. The molecule has 1 unspecified atom stereocenters. The van der Waals surface area contributed by atoms with Crippen LogP contribution in [0.4, 0.5) is 8.78 Å². The van der Waals surface area contributed by atoms with Crippen molar-refractivity contribution in [1.29, 1.82) is 0 Å². The quantitative estimate of drug-likeness (QED) is 0.803. The maximum Gasteiger partial charge on any atom is 0.248 e. The molecule has 1 aromatic rings. The van der Waals surface area contributed by atoms with E-state index in [1.807, 2.05) is 12.1 Å². The van der Waals surface area contributed by atoms with Gasteiger partial charge in [-0.05, 0) is 37.4 Å². The predicted molar refractivity (Wildman–Crippen MR) is 62.2 cm³/mol. The van der Waals surface area contributed by atoms with Gasteiger partial charge in [0.1, 0.15) is 5.76 Å². The summed E-state index contributed by atoms with van der Waals surface area (Å²) in [5, 5.41) is 3.24. The lowest BCUT2D eigenvalue weighted by Crippen LogP contribution is -2.33. The molecule has 1 aromatic heterocycles. The van der Waals surface area contributed by atoms with Crippen LogP contribution in [0, 0.1) is 5.92 Å². The van der Waals surface area contributed by atoms with Crippen LogP contribution in [0.3, 0.4) is 0 Å². The number of hydrogen-bond donors (Lipinski definition) is 1. The first-order valence-electron chi connectivity index (χ1n) is 6.27. The molecule has 0 spiro atoms. The van der Waals surface area contributed by atoms with Gasteiger partial charge in [-0.2, -0.15) is 0 Å². The fourth-order valence-corrected chi connectivity index (χ4v) is 2.42. The Hall–Kier alpha value is -0.900. The molecule has 1 heterocycles. The van der Waals surface area contributed by atoms with Gasteiger partial charge in [-0.1, -0.05) is 0 Å². The molecular weight excluding hydrogens is 224 g/mol. The summed E-state index contributed by atoms with van der Waals surface area (Å²) in [6.07, 6.45) is 4.14. The lowest BCUT2D eigenvalue weighted by molar-refractivity contribution is -0.0519. The van der Waals surface area contributed by atoms with Crippen molar-refractivity contribution in [2.45, 2.75) is 38.0 Å². The highest BCUT2D eigenvalue weighted by atomic mass is 19.3. The van der Waals surface area contributed by atoms with Crippen LogP contribution in [0.2, 0.25) is 0 Å². The number of furan rings is 1.